The molecule has 1 atom stereocenters. The van der Waals surface area contributed by atoms with E-state index in [0.717, 1.165) is 52.1 Å². The topological polar surface area (TPSA) is 21.7 Å². The lowest BCUT2D eigenvalue weighted by Gasteiger charge is -2.44. The van der Waals surface area contributed by atoms with Crippen molar-refractivity contribution >= 4 is 11.3 Å². The first-order valence-corrected chi connectivity index (χ1v) is 9.28. The molecule has 1 unspecified atom stereocenters. The molecular formula is C17H25NO2S. The molecule has 0 saturated carbocycles. The van der Waals surface area contributed by atoms with Crippen molar-refractivity contribution in [3.05, 3.63) is 21.9 Å². The molecule has 21 heavy (non-hydrogen) atoms. The molecule has 2 fully saturated rings. The Morgan fingerprint density at radius 3 is 2.95 bits per heavy atom. The molecule has 4 heteroatoms. The maximum absolute atomic E-state index is 6.28. The molecule has 1 aromatic heterocycles. The van der Waals surface area contributed by atoms with Crippen LogP contribution in [0.1, 0.15) is 42.5 Å². The highest BCUT2D eigenvalue weighted by Gasteiger charge is 2.41. The summed E-state index contributed by atoms with van der Waals surface area (Å²) >= 11 is 1.90. The Hall–Kier alpha value is -0.420. The number of hydrogen-bond donors (Lipinski definition) is 0. The van der Waals surface area contributed by atoms with Gasteiger partial charge in [0.1, 0.15) is 5.60 Å². The number of piperidine rings is 1. The second-order valence-electron chi connectivity index (χ2n) is 6.66. The van der Waals surface area contributed by atoms with Crippen LogP contribution in [0.3, 0.4) is 0 Å². The molecule has 0 N–H and O–H groups in total. The van der Waals surface area contributed by atoms with E-state index in [4.69, 9.17) is 9.47 Å². The zero-order valence-electron chi connectivity index (χ0n) is 12.7. The lowest BCUT2D eigenvalue weighted by Crippen LogP contribution is -2.48. The summed E-state index contributed by atoms with van der Waals surface area (Å²) in [6.07, 6.45) is 7.68. The Morgan fingerprint density at radius 2 is 2.14 bits per heavy atom. The molecule has 0 aromatic carbocycles. The summed E-state index contributed by atoms with van der Waals surface area (Å²) in [4.78, 5) is 4.11. The number of rotatable bonds is 2. The van der Waals surface area contributed by atoms with Crippen molar-refractivity contribution in [2.45, 2.75) is 50.2 Å². The number of thiophene rings is 1. The van der Waals surface area contributed by atoms with Crippen molar-refractivity contribution in [1.29, 1.82) is 0 Å². The van der Waals surface area contributed by atoms with Crippen LogP contribution in [0.15, 0.2) is 11.4 Å². The van der Waals surface area contributed by atoms with E-state index in [1.807, 2.05) is 11.3 Å². The predicted octanol–water partition coefficient (Wildman–Crippen LogP) is 3.18. The second-order valence-corrected chi connectivity index (χ2v) is 7.57. The van der Waals surface area contributed by atoms with Gasteiger partial charge in [-0.1, -0.05) is 0 Å². The van der Waals surface area contributed by atoms with Crippen LogP contribution in [0.5, 0.6) is 0 Å². The molecule has 0 amide bonds. The summed E-state index contributed by atoms with van der Waals surface area (Å²) < 4.78 is 12.2. The van der Waals surface area contributed by atoms with Gasteiger partial charge in [0.15, 0.2) is 0 Å². The van der Waals surface area contributed by atoms with E-state index >= 15 is 0 Å². The third-order valence-electron chi connectivity index (χ3n) is 5.31. The molecular weight excluding hydrogens is 282 g/mol. The second kappa shape index (κ2) is 5.99. The van der Waals surface area contributed by atoms with Crippen molar-refractivity contribution < 1.29 is 9.47 Å². The van der Waals surface area contributed by atoms with Gasteiger partial charge in [-0.15, -0.1) is 11.3 Å². The third-order valence-corrected chi connectivity index (χ3v) is 6.45. The van der Waals surface area contributed by atoms with Crippen LogP contribution in [0.4, 0.5) is 0 Å². The Bertz CT molecular complexity index is 473. The fraction of sp³-hybridized carbons (Fsp3) is 0.765. The zero-order valence-corrected chi connectivity index (χ0v) is 13.5. The molecule has 0 aliphatic carbocycles. The monoisotopic (exact) mass is 307 g/mol. The Morgan fingerprint density at radius 1 is 1.24 bits per heavy atom. The van der Waals surface area contributed by atoms with Crippen molar-refractivity contribution in [3.63, 3.8) is 0 Å². The summed E-state index contributed by atoms with van der Waals surface area (Å²) in [5.41, 5.74) is 1.57. The van der Waals surface area contributed by atoms with E-state index in [-0.39, 0.29) is 5.60 Å². The highest BCUT2D eigenvalue weighted by molar-refractivity contribution is 7.10. The van der Waals surface area contributed by atoms with Gasteiger partial charge in [0, 0.05) is 31.1 Å². The molecule has 0 bridgehead atoms. The van der Waals surface area contributed by atoms with Crippen LogP contribution in [-0.4, -0.2) is 43.9 Å². The van der Waals surface area contributed by atoms with Crippen molar-refractivity contribution in [1.82, 2.24) is 4.90 Å². The molecule has 4 rings (SSSR count). The van der Waals surface area contributed by atoms with Gasteiger partial charge in [-0.3, -0.25) is 0 Å². The van der Waals surface area contributed by atoms with Gasteiger partial charge in [-0.05, 0) is 55.5 Å². The maximum atomic E-state index is 6.28. The number of likely N-dealkylation sites (tertiary alicyclic amines) is 1. The molecule has 1 spiro atoms. The molecule has 116 valence electrons. The van der Waals surface area contributed by atoms with Gasteiger partial charge in [-0.25, -0.2) is 0 Å². The summed E-state index contributed by atoms with van der Waals surface area (Å²) in [5.74, 6) is 0. The Labute approximate surface area is 131 Å². The maximum Gasteiger partial charge on any atom is 0.105 e. The number of hydrogen-bond acceptors (Lipinski definition) is 4. The minimum atomic E-state index is 0.0334. The molecule has 3 aliphatic rings. The van der Waals surface area contributed by atoms with E-state index in [9.17, 15) is 0 Å². The highest BCUT2D eigenvalue weighted by Crippen LogP contribution is 2.44. The Balaban J connectivity index is 1.39. The van der Waals surface area contributed by atoms with Crippen molar-refractivity contribution in [2.24, 2.45) is 0 Å². The van der Waals surface area contributed by atoms with E-state index in [1.54, 1.807) is 0 Å². The summed E-state index contributed by atoms with van der Waals surface area (Å²) in [6, 6.07) is 2.30. The number of nitrogens with zero attached hydrogens (tertiary/aromatic N) is 1. The van der Waals surface area contributed by atoms with Crippen LogP contribution >= 0.6 is 11.3 Å². The number of fused-ring (bicyclic) bond motifs is 2. The molecule has 0 radical (unpaired) electrons. The van der Waals surface area contributed by atoms with E-state index in [2.05, 4.69) is 16.3 Å². The summed E-state index contributed by atoms with van der Waals surface area (Å²) in [7, 11) is 0. The van der Waals surface area contributed by atoms with Gasteiger partial charge in [0.2, 0.25) is 0 Å². The van der Waals surface area contributed by atoms with Crippen LogP contribution in [0.2, 0.25) is 0 Å². The highest BCUT2D eigenvalue weighted by atomic mass is 32.1. The van der Waals surface area contributed by atoms with Gasteiger partial charge < -0.3 is 14.4 Å². The fourth-order valence-corrected chi connectivity index (χ4v) is 5.23. The number of ether oxygens (including phenoxy) is 2. The largest absolute Gasteiger partial charge is 0.377 e. The van der Waals surface area contributed by atoms with Crippen LogP contribution in [0.25, 0.3) is 0 Å². The van der Waals surface area contributed by atoms with E-state index < -0.39 is 0 Å². The van der Waals surface area contributed by atoms with Gasteiger partial charge in [-0.2, -0.15) is 0 Å². The van der Waals surface area contributed by atoms with E-state index in [0.29, 0.717) is 6.10 Å². The van der Waals surface area contributed by atoms with Gasteiger partial charge >= 0.3 is 0 Å². The zero-order chi connectivity index (χ0) is 14.1. The first-order chi connectivity index (χ1) is 10.4. The summed E-state index contributed by atoms with van der Waals surface area (Å²) in [6.45, 7) is 5.28. The molecule has 3 nitrogen and oxygen atoms in total. The quantitative estimate of drug-likeness (QED) is 0.837. The van der Waals surface area contributed by atoms with Crippen LogP contribution < -0.4 is 0 Å². The fourth-order valence-electron chi connectivity index (χ4n) is 4.06. The lowest BCUT2D eigenvalue weighted by atomic mass is 9.85. The molecule has 1 aromatic rings. The van der Waals surface area contributed by atoms with Gasteiger partial charge in [0.25, 0.3) is 0 Å². The minimum absolute atomic E-state index is 0.0334. The van der Waals surface area contributed by atoms with Crippen molar-refractivity contribution in [2.75, 3.05) is 32.8 Å². The molecule has 2 saturated heterocycles. The van der Waals surface area contributed by atoms with Gasteiger partial charge in [0.05, 0.1) is 12.7 Å². The average molecular weight is 307 g/mol. The van der Waals surface area contributed by atoms with E-state index in [1.165, 1.54) is 29.7 Å². The van der Waals surface area contributed by atoms with Crippen LogP contribution in [0, 0.1) is 0 Å². The first-order valence-electron chi connectivity index (χ1n) is 8.40. The molecule has 4 heterocycles. The third kappa shape index (κ3) is 2.79. The predicted molar refractivity (Wildman–Crippen MR) is 84.9 cm³/mol. The van der Waals surface area contributed by atoms with Crippen LogP contribution in [-0.2, 0) is 21.5 Å². The average Bonchev–Trinajstić information content (AvgIpc) is 3.01. The SMILES string of the molecule is c1cc2c(s1)C1(CCN(CC3CCCCO3)CC1)OCC2. The smallest absolute Gasteiger partial charge is 0.105 e. The molecule has 3 aliphatic heterocycles. The van der Waals surface area contributed by atoms with Crippen molar-refractivity contribution in [3.8, 4) is 0 Å². The minimum Gasteiger partial charge on any atom is -0.377 e. The lowest BCUT2D eigenvalue weighted by molar-refractivity contribution is -0.102. The first kappa shape index (κ1) is 14.2. The normalized spacial score (nSPS) is 29.4. The Kier molecular flexibility index (Phi) is 4.05. The summed E-state index contributed by atoms with van der Waals surface area (Å²) in [5, 5.41) is 2.24. The standard InChI is InChI=1S/C17H25NO2S/c1-2-10-19-15(3-1)13-18-8-6-17(7-9-18)16-14(4-11-20-17)5-12-21-16/h5,12,15H,1-4,6-11,13H2.